The van der Waals surface area contributed by atoms with Crippen molar-refractivity contribution >= 4 is 5.97 Å². The first-order valence-electron chi connectivity index (χ1n) is 5.48. The summed E-state index contributed by atoms with van der Waals surface area (Å²) in [7, 11) is 0. The van der Waals surface area contributed by atoms with E-state index in [0.29, 0.717) is 6.42 Å². The number of aliphatic hydroxyl groups excluding tert-OH is 1. The van der Waals surface area contributed by atoms with Gasteiger partial charge in [-0.25, -0.2) is 0 Å². The summed E-state index contributed by atoms with van der Waals surface area (Å²) in [6, 6.07) is -0.295. The average Bonchev–Trinajstić information content (AvgIpc) is 2.06. The fraction of sp³-hybridized carbons (Fsp3) is 0.909. The van der Waals surface area contributed by atoms with Gasteiger partial charge in [-0.2, -0.15) is 0 Å². The second kappa shape index (κ2) is 4.49. The maximum absolute atomic E-state index is 11.7. The molecule has 3 atom stereocenters. The van der Waals surface area contributed by atoms with E-state index in [1.165, 1.54) is 0 Å². The molecule has 88 valence electrons. The third-order valence-electron chi connectivity index (χ3n) is 2.61. The first kappa shape index (κ1) is 12.5. The number of ether oxygens (including phenoxy) is 1. The van der Waals surface area contributed by atoms with Gasteiger partial charge >= 0.3 is 5.97 Å². The summed E-state index contributed by atoms with van der Waals surface area (Å²) >= 11 is 0. The van der Waals surface area contributed by atoms with Gasteiger partial charge in [-0.1, -0.05) is 6.42 Å². The fourth-order valence-electron chi connectivity index (χ4n) is 1.85. The highest BCUT2D eigenvalue weighted by molar-refractivity contribution is 5.73. The molecule has 1 fully saturated rings. The molecule has 0 heterocycles. The summed E-state index contributed by atoms with van der Waals surface area (Å²) in [5.74, 6) is -0.780. The topological polar surface area (TPSA) is 72.5 Å². The molecular formula is C11H21NO3. The molecule has 0 bridgehead atoms. The molecule has 0 aliphatic heterocycles. The minimum Gasteiger partial charge on any atom is -0.460 e. The van der Waals surface area contributed by atoms with Gasteiger partial charge in [0.1, 0.15) is 5.60 Å². The van der Waals surface area contributed by atoms with E-state index < -0.39 is 17.6 Å². The lowest BCUT2D eigenvalue weighted by Crippen LogP contribution is -2.47. The van der Waals surface area contributed by atoms with Gasteiger partial charge in [-0.05, 0) is 33.6 Å². The Balaban J connectivity index is 2.59. The lowest BCUT2D eigenvalue weighted by molar-refractivity contribution is -0.166. The number of aliphatic hydroxyl groups is 1. The van der Waals surface area contributed by atoms with Gasteiger partial charge in [0.05, 0.1) is 12.0 Å². The molecule has 1 saturated carbocycles. The number of nitrogens with two attached hydrogens (primary N) is 1. The van der Waals surface area contributed by atoms with Crippen LogP contribution >= 0.6 is 0 Å². The Kier molecular flexibility index (Phi) is 3.73. The lowest BCUT2D eigenvalue weighted by atomic mass is 9.83. The van der Waals surface area contributed by atoms with E-state index in [2.05, 4.69) is 0 Å². The van der Waals surface area contributed by atoms with Crippen LogP contribution in [0, 0.1) is 5.92 Å². The number of hydrogen-bond donors (Lipinski definition) is 2. The van der Waals surface area contributed by atoms with E-state index in [0.717, 1.165) is 12.8 Å². The van der Waals surface area contributed by atoms with Crippen LogP contribution in [0.4, 0.5) is 0 Å². The van der Waals surface area contributed by atoms with Crippen LogP contribution in [-0.2, 0) is 9.53 Å². The number of carbonyl (C=O) groups excluding carboxylic acids is 1. The van der Waals surface area contributed by atoms with Gasteiger partial charge in [-0.15, -0.1) is 0 Å². The summed E-state index contributed by atoms with van der Waals surface area (Å²) in [5.41, 5.74) is 5.21. The Morgan fingerprint density at radius 3 is 2.53 bits per heavy atom. The normalized spacial score (nSPS) is 32.5. The molecule has 1 aliphatic rings. The molecule has 15 heavy (non-hydrogen) atoms. The molecule has 0 amide bonds. The maximum Gasteiger partial charge on any atom is 0.312 e. The predicted octanol–water partition coefficient (Wildman–Crippen LogP) is 0.816. The zero-order valence-corrected chi connectivity index (χ0v) is 9.69. The number of carbonyl (C=O) groups is 1. The highest BCUT2D eigenvalue weighted by Gasteiger charge is 2.36. The van der Waals surface area contributed by atoms with E-state index >= 15 is 0 Å². The summed E-state index contributed by atoms with van der Waals surface area (Å²) in [6.07, 6.45) is 1.57. The van der Waals surface area contributed by atoms with Crippen LogP contribution in [0.3, 0.4) is 0 Å². The van der Waals surface area contributed by atoms with Gasteiger partial charge in [0.15, 0.2) is 0 Å². The average molecular weight is 215 g/mol. The largest absolute Gasteiger partial charge is 0.460 e. The fourth-order valence-corrected chi connectivity index (χ4v) is 1.85. The Hall–Kier alpha value is -0.610. The van der Waals surface area contributed by atoms with Crippen molar-refractivity contribution in [1.29, 1.82) is 0 Å². The standard InChI is InChI=1S/C11H21NO3/c1-11(2,3)15-10(14)7-5-4-6-8(12)9(7)13/h7-9,13H,4-6,12H2,1-3H3/t7-,8+,9-/m0/s1. The SMILES string of the molecule is CC(C)(C)OC(=O)[C@H]1CCC[C@@H](N)[C@H]1O. The molecule has 1 rings (SSSR count). The Bertz CT molecular complexity index is 234. The summed E-state index contributed by atoms with van der Waals surface area (Å²) < 4.78 is 5.24. The van der Waals surface area contributed by atoms with Crippen molar-refractivity contribution < 1.29 is 14.6 Å². The molecule has 0 aromatic heterocycles. The summed E-state index contributed by atoms with van der Waals surface area (Å²) in [4.78, 5) is 11.7. The van der Waals surface area contributed by atoms with Crippen LogP contribution in [0.5, 0.6) is 0 Å². The smallest absolute Gasteiger partial charge is 0.312 e. The molecule has 4 heteroatoms. The van der Waals surface area contributed by atoms with Crippen molar-refractivity contribution in [3.05, 3.63) is 0 Å². The van der Waals surface area contributed by atoms with Crippen molar-refractivity contribution in [3.8, 4) is 0 Å². The molecule has 0 unspecified atom stereocenters. The zero-order chi connectivity index (χ0) is 11.6. The Morgan fingerprint density at radius 2 is 2.00 bits per heavy atom. The van der Waals surface area contributed by atoms with Gasteiger partial charge in [0.2, 0.25) is 0 Å². The van der Waals surface area contributed by atoms with Crippen molar-refractivity contribution in [2.75, 3.05) is 0 Å². The minimum atomic E-state index is -0.756. The van der Waals surface area contributed by atoms with Gasteiger partial charge in [-0.3, -0.25) is 4.79 Å². The lowest BCUT2D eigenvalue weighted by Gasteiger charge is -2.33. The van der Waals surface area contributed by atoms with Crippen molar-refractivity contribution in [2.45, 2.75) is 57.8 Å². The third-order valence-corrected chi connectivity index (χ3v) is 2.61. The molecule has 1 aliphatic carbocycles. The highest BCUT2D eigenvalue weighted by Crippen LogP contribution is 2.26. The first-order valence-corrected chi connectivity index (χ1v) is 5.48. The van der Waals surface area contributed by atoms with E-state index in [1.807, 2.05) is 20.8 Å². The molecule has 4 nitrogen and oxygen atoms in total. The monoisotopic (exact) mass is 215 g/mol. The molecule has 3 N–H and O–H groups in total. The minimum absolute atomic E-state index is 0.295. The van der Waals surface area contributed by atoms with E-state index in [-0.39, 0.29) is 12.0 Å². The molecule has 0 spiro atoms. The van der Waals surface area contributed by atoms with Crippen LogP contribution in [0.25, 0.3) is 0 Å². The summed E-state index contributed by atoms with van der Waals surface area (Å²) in [6.45, 7) is 5.46. The quantitative estimate of drug-likeness (QED) is 0.635. The maximum atomic E-state index is 11.7. The molecular weight excluding hydrogens is 194 g/mol. The zero-order valence-electron chi connectivity index (χ0n) is 9.69. The van der Waals surface area contributed by atoms with Crippen LogP contribution in [0.1, 0.15) is 40.0 Å². The van der Waals surface area contributed by atoms with Crippen LogP contribution in [0.2, 0.25) is 0 Å². The van der Waals surface area contributed by atoms with Gasteiger partial charge in [0.25, 0.3) is 0 Å². The second-order valence-electron chi connectivity index (χ2n) is 5.23. The third kappa shape index (κ3) is 3.47. The van der Waals surface area contributed by atoms with Gasteiger partial charge in [0, 0.05) is 6.04 Å². The van der Waals surface area contributed by atoms with E-state index in [4.69, 9.17) is 10.5 Å². The van der Waals surface area contributed by atoms with Crippen molar-refractivity contribution in [1.82, 2.24) is 0 Å². The highest BCUT2D eigenvalue weighted by atomic mass is 16.6. The molecule has 0 radical (unpaired) electrons. The predicted molar refractivity (Wildman–Crippen MR) is 57.2 cm³/mol. The first-order chi connectivity index (χ1) is 6.81. The number of hydrogen-bond acceptors (Lipinski definition) is 4. The van der Waals surface area contributed by atoms with Crippen LogP contribution in [-0.4, -0.2) is 28.8 Å². The number of esters is 1. The van der Waals surface area contributed by atoms with Crippen LogP contribution < -0.4 is 5.73 Å². The van der Waals surface area contributed by atoms with E-state index in [9.17, 15) is 9.90 Å². The Labute approximate surface area is 90.8 Å². The second-order valence-corrected chi connectivity index (χ2v) is 5.23. The van der Waals surface area contributed by atoms with E-state index in [1.54, 1.807) is 0 Å². The molecule has 0 aromatic rings. The van der Waals surface area contributed by atoms with Crippen molar-refractivity contribution in [3.63, 3.8) is 0 Å². The molecule has 0 aromatic carbocycles. The molecule has 0 saturated heterocycles. The van der Waals surface area contributed by atoms with Gasteiger partial charge < -0.3 is 15.6 Å². The number of rotatable bonds is 1. The van der Waals surface area contributed by atoms with Crippen LogP contribution in [0.15, 0.2) is 0 Å². The van der Waals surface area contributed by atoms with Crippen molar-refractivity contribution in [2.24, 2.45) is 11.7 Å². The summed E-state index contributed by atoms with van der Waals surface area (Å²) in [5, 5.41) is 9.78. The Morgan fingerprint density at radius 1 is 1.40 bits per heavy atom.